The fourth-order valence-electron chi connectivity index (χ4n) is 2.76. The normalized spacial score (nSPS) is 28.5. The van der Waals surface area contributed by atoms with E-state index in [1.54, 1.807) is 0 Å². The van der Waals surface area contributed by atoms with Crippen LogP contribution < -0.4 is 5.73 Å². The zero-order valence-electron chi connectivity index (χ0n) is 11.0. The molecule has 0 saturated heterocycles. The number of sulfone groups is 1. The van der Waals surface area contributed by atoms with Gasteiger partial charge < -0.3 is 5.73 Å². The molecule has 2 rings (SSSR count). The molecule has 1 aromatic carbocycles. The summed E-state index contributed by atoms with van der Waals surface area (Å²) in [5.41, 5.74) is 7.87. The highest BCUT2D eigenvalue weighted by Gasteiger charge is 2.39. The minimum Gasteiger partial charge on any atom is -0.327 e. The molecule has 1 fully saturated rings. The lowest BCUT2D eigenvalue weighted by Gasteiger charge is -2.19. The van der Waals surface area contributed by atoms with Gasteiger partial charge in [-0.2, -0.15) is 0 Å². The van der Waals surface area contributed by atoms with Crippen molar-refractivity contribution in [3.63, 3.8) is 0 Å². The van der Waals surface area contributed by atoms with E-state index in [-0.39, 0.29) is 23.0 Å². The second-order valence-corrected chi connectivity index (χ2v) is 7.59. The Hall–Kier alpha value is -0.870. The molecular weight excluding hydrogens is 246 g/mol. The van der Waals surface area contributed by atoms with Crippen LogP contribution in [-0.4, -0.2) is 19.7 Å². The van der Waals surface area contributed by atoms with Crippen molar-refractivity contribution in [2.75, 3.05) is 0 Å². The van der Waals surface area contributed by atoms with Gasteiger partial charge in [-0.3, -0.25) is 0 Å². The molecule has 0 radical (unpaired) electrons. The lowest BCUT2D eigenvalue weighted by atomic mass is 10.1. The smallest absolute Gasteiger partial charge is 0.157 e. The van der Waals surface area contributed by atoms with E-state index in [9.17, 15) is 8.42 Å². The molecule has 1 saturated carbocycles. The van der Waals surface area contributed by atoms with Crippen molar-refractivity contribution in [1.82, 2.24) is 0 Å². The van der Waals surface area contributed by atoms with Crippen molar-refractivity contribution in [1.29, 1.82) is 0 Å². The second-order valence-electron chi connectivity index (χ2n) is 5.37. The highest BCUT2D eigenvalue weighted by molar-refractivity contribution is 7.91. The Morgan fingerprint density at radius 3 is 2.50 bits per heavy atom. The SMILES string of the molecule is Cc1ccccc1CS(=O)(=O)C1CCC(N)C1C. The summed E-state index contributed by atoms with van der Waals surface area (Å²) in [5, 5.41) is -0.271. The average Bonchev–Trinajstić information content (AvgIpc) is 2.63. The molecule has 0 heterocycles. The molecule has 1 aromatic rings. The monoisotopic (exact) mass is 267 g/mol. The van der Waals surface area contributed by atoms with E-state index in [0.717, 1.165) is 17.5 Å². The van der Waals surface area contributed by atoms with Crippen molar-refractivity contribution in [3.05, 3.63) is 35.4 Å². The summed E-state index contributed by atoms with van der Waals surface area (Å²) < 4.78 is 24.9. The van der Waals surface area contributed by atoms with Crippen molar-refractivity contribution in [2.45, 2.75) is 43.7 Å². The fourth-order valence-corrected chi connectivity index (χ4v) is 5.08. The summed E-state index contributed by atoms with van der Waals surface area (Å²) in [7, 11) is -3.10. The molecule has 0 amide bonds. The summed E-state index contributed by atoms with van der Waals surface area (Å²) >= 11 is 0. The van der Waals surface area contributed by atoms with Crippen LogP contribution in [0.1, 0.15) is 30.9 Å². The molecule has 4 heteroatoms. The van der Waals surface area contributed by atoms with E-state index >= 15 is 0 Å². The van der Waals surface area contributed by atoms with Crippen molar-refractivity contribution >= 4 is 9.84 Å². The molecule has 18 heavy (non-hydrogen) atoms. The first kappa shape index (κ1) is 13.6. The van der Waals surface area contributed by atoms with Crippen LogP contribution in [0.25, 0.3) is 0 Å². The summed E-state index contributed by atoms with van der Waals surface area (Å²) in [6.45, 7) is 3.91. The van der Waals surface area contributed by atoms with Crippen molar-refractivity contribution < 1.29 is 8.42 Å². The Morgan fingerprint density at radius 2 is 1.94 bits per heavy atom. The number of nitrogens with two attached hydrogens (primary N) is 1. The first-order chi connectivity index (χ1) is 8.42. The minimum absolute atomic E-state index is 0.0293. The molecule has 0 aliphatic heterocycles. The quantitative estimate of drug-likeness (QED) is 0.911. The van der Waals surface area contributed by atoms with Crippen LogP contribution in [0.3, 0.4) is 0 Å². The number of rotatable bonds is 3. The first-order valence-electron chi connectivity index (χ1n) is 6.43. The molecular formula is C14H21NO2S. The van der Waals surface area contributed by atoms with E-state index in [1.807, 2.05) is 38.1 Å². The highest BCUT2D eigenvalue weighted by Crippen LogP contribution is 2.32. The van der Waals surface area contributed by atoms with E-state index in [0.29, 0.717) is 6.42 Å². The van der Waals surface area contributed by atoms with E-state index in [1.165, 1.54) is 0 Å². The first-order valence-corrected chi connectivity index (χ1v) is 8.15. The van der Waals surface area contributed by atoms with Gasteiger partial charge in [0.25, 0.3) is 0 Å². The fraction of sp³-hybridized carbons (Fsp3) is 0.571. The second kappa shape index (κ2) is 5.02. The summed E-state index contributed by atoms with van der Waals surface area (Å²) in [6.07, 6.45) is 1.52. The maximum atomic E-state index is 12.5. The van der Waals surface area contributed by atoms with Gasteiger partial charge in [0.05, 0.1) is 11.0 Å². The number of hydrogen-bond donors (Lipinski definition) is 1. The van der Waals surface area contributed by atoms with Crippen molar-refractivity contribution in [3.8, 4) is 0 Å². The van der Waals surface area contributed by atoms with Gasteiger partial charge in [-0.25, -0.2) is 8.42 Å². The minimum atomic E-state index is -3.10. The lowest BCUT2D eigenvalue weighted by molar-refractivity contribution is 0.506. The predicted molar refractivity (Wildman–Crippen MR) is 74.0 cm³/mol. The molecule has 0 bridgehead atoms. The van der Waals surface area contributed by atoms with Gasteiger partial charge in [-0.15, -0.1) is 0 Å². The zero-order valence-corrected chi connectivity index (χ0v) is 11.8. The number of benzene rings is 1. The molecule has 2 N–H and O–H groups in total. The Labute approximate surface area is 109 Å². The van der Waals surface area contributed by atoms with Crippen LogP contribution >= 0.6 is 0 Å². The van der Waals surface area contributed by atoms with Crippen molar-refractivity contribution in [2.24, 2.45) is 11.7 Å². The predicted octanol–water partition coefficient (Wildman–Crippen LogP) is 2.04. The maximum Gasteiger partial charge on any atom is 0.157 e. The zero-order chi connectivity index (χ0) is 13.3. The Bertz CT molecular complexity index is 524. The van der Waals surface area contributed by atoms with Crippen LogP contribution in [0.15, 0.2) is 24.3 Å². The van der Waals surface area contributed by atoms with E-state index in [2.05, 4.69) is 0 Å². The largest absolute Gasteiger partial charge is 0.327 e. The van der Waals surface area contributed by atoms with Gasteiger partial charge in [-0.05, 0) is 36.8 Å². The molecule has 1 aliphatic rings. The Kier molecular flexibility index (Phi) is 3.78. The van der Waals surface area contributed by atoms with Gasteiger partial charge in [0, 0.05) is 6.04 Å². The van der Waals surface area contributed by atoms with Crippen LogP contribution in [0.4, 0.5) is 0 Å². The van der Waals surface area contributed by atoms with Gasteiger partial charge in [-0.1, -0.05) is 31.2 Å². The molecule has 0 spiro atoms. The highest BCUT2D eigenvalue weighted by atomic mass is 32.2. The summed E-state index contributed by atoms with van der Waals surface area (Å²) in [4.78, 5) is 0. The molecule has 0 aromatic heterocycles. The molecule has 3 nitrogen and oxygen atoms in total. The standard InChI is InChI=1S/C14H21NO2S/c1-10-5-3-4-6-12(10)9-18(16,17)14-8-7-13(15)11(14)2/h3-6,11,13-14H,7-9,15H2,1-2H3. The number of aryl methyl sites for hydroxylation is 1. The third kappa shape index (κ3) is 2.59. The molecule has 1 aliphatic carbocycles. The molecule has 100 valence electrons. The lowest BCUT2D eigenvalue weighted by Crippen LogP contribution is -2.32. The molecule has 3 unspecified atom stereocenters. The molecule has 3 atom stereocenters. The average molecular weight is 267 g/mol. The van der Waals surface area contributed by atoms with Gasteiger partial charge in [0.2, 0.25) is 0 Å². The number of hydrogen-bond acceptors (Lipinski definition) is 3. The summed E-state index contributed by atoms with van der Waals surface area (Å²) in [6, 6.07) is 7.70. The van der Waals surface area contributed by atoms with E-state index < -0.39 is 9.84 Å². The third-order valence-electron chi connectivity index (χ3n) is 4.13. The van der Waals surface area contributed by atoms with Crippen LogP contribution in [-0.2, 0) is 15.6 Å². The van der Waals surface area contributed by atoms with Gasteiger partial charge in [0.15, 0.2) is 9.84 Å². The topological polar surface area (TPSA) is 60.2 Å². The van der Waals surface area contributed by atoms with Crippen LogP contribution in [0.5, 0.6) is 0 Å². The summed E-state index contributed by atoms with van der Waals surface area (Å²) in [5.74, 6) is 0.209. The maximum absolute atomic E-state index is 12.5. The Balaban J connectivity index is 2.21. The van der Waals surface area contributed by atoms with E-state index in [4.69, 9.17) is 5.73 Å². The third-order valence-corrected chi connectivity index (χ3v) is 6.43. The van der Waals surface area contributed by atoms with Gasteiger partial charge in [0.1, 0.15) is 0 Å². The van der Waals surface area contributed by atoms with Crippen LogP contribution in [0, 0.1) is 12.8 Å². The Morgan fingerprint density at radius 1 is 1.28 bits per heavy atom. The van der Waals surface area contributed by atoms with Crippen LogP contribution in [0.2, 0.25) is 0 Å². The van der Waals surface area contributed by atoms with Gasteiger partial charge >= 0.3 is 0 Å².